The van der Waals surface area contributed by atoms with Gasteiger partial charge in [0.15, 0.2) is 0 Å². The smallest absolute Gasteiger partial charge is 0.416 e. The second-order valence-corrected chi connectivity index (χ2v) is 11.4. The van der Waals surface area contributed by atoms with Crippen LogP contribution in [0.3, 0.4) is 0 Å². The molecule has 0 aliphatic carbocycles. The van der Waals surface area contributed by atoms with Crippen LogP contribution in [0.1, 0.15) is 72.4 Å². The minimum absolute atomic E-state index is 0.000445. The Bertz CT molecular complexity index is 1360. The molecule has 2 aromatic carbocycles. The van der Waals surface area contributed by atoms with Crippen LogP contribution in [-0.2, 0) is 16.2 Å². The molecule has 0 unspecified atom stereocenters. The molecule has 13 heteroatoms. The van der Waals surface area contributed by atoms with E-state index in [-0.39, 0.29) is 46.3 Å². The third kappa shape index (κ3) is 7.22. The highest BCUT2D eigenvalue weighted by molar-refractivity contribution is 7.93. The fourth-order valence-electron chi connectivity index (χ4n) is 3.57. The zero-order chi connectivity index (χ0) is 28.1. The van der Waals surface area contributed by atoms with E-state index in [0.29, 0.717) is 6.42 Å². The van der Waals surface area contributed by atoms with Gasteiger partial charge in [0, 0.05) is 18.4 Å². The Labute approximate surface area is 223 Å². The van der Waals surface area contributed by atoms with Gasteiger partial charge in [-0.15, -0.1) is 10.2 Å². The number of aromatic nitrogens is 2. The quantitative estimate of drug-likeness (QED) is 0.301. The van der Waals surface area contributed by atoms with Gasteiger partial charge >= 0.3 is 6.18 Å². The van der Waals surface area contributed by atoms with E-state index in [1.807, 2.05) is 20.8 Å². The van der Waals surface area contributed by atoms with Crippen molar-refractivity contribution in [2.24, 2.45) is 0 Å². The van der Waals surface area contributed by atoms with Crippen LogP contribution in [0, 0.1) is 0 Å². The normalized spacial score (nSPS) is 12.8. The number of hydrogen-bond acceptors (Lipinski definition) is 7. The topological polar surface area (TPSA) is 110 Å². The molecule has 3 aromatic rings. The first-order valence-corrected chi connectivity index (χ1v) is 14.2. The summed E-state index contributed by atoms with van der Waals surface area (Å²) in [5.74, 6) is -0.750. The second-order valence-electron chi connectivity index (χ2n) is 8.73. The van der Waals surface area contributed by atoms with Crippen LogP contribution in [0.25, 0.3) is 0 Å². The number of nitrogens with one attached hydrogen (secondary N) is 2. The van der Waals surface area contributed by atoms with Crippen LogP contribution in [0.2, 0.25) is 0 Å². The maximum atomic E-state index is 13.1. The highest BCUT2D eigenvalue weighted by Crippen LogP contribution is 2.33. The molecule has 1 atom stereocenters. The molecule has 0 saturated heterocycles. The molecule has 0 saturated carbocycles. The zero-order valence-electron chi connectivity index (χ0n) is 21.3. The molecule has 3 rings (SSSR count). The molecular formula is C25H29F3N4O4S2. The van der Waals surface area contributed by atoms with Gasteiger partial charge < -0.3 is 10.1 Å². The highest BCUT2D eigenvalue weighted by Gasteiger charge is 2.32. The lowest BCUT2D eigenvalue weighted by Crippen LogP contribution is -2.29. The Balaban J connectivity index is 1.70. The molecule has 1 aromatic heterocycles. The second kappa shape index (κ2) is 12.1. The predicted octanol–water partition coefficient (Wildman–Crippen LogP) is 5.80. The summed E-state index contributed by atoms with van der Waals surface area (Å²) >= 11 is 1.17. The third-order valence-corrected chi connectivity index (χ3v) is 8.30. The van der Waals surface area contributed by atoms with Gasteiger partial charge in [-0.2, -0.15) is 13.2 Å². The van der Waals surface area contributed by atoms with Gasteiger partial charge in [0.25, 0.3) is 15.9 Å². The van der Waals surface area contributed by atoms with Gasteiger partial charge in [0.2, 0.25) is 5.13 Å². The Morgan fingerprint density at radius 1 is 1.08 bits per heavy atom. The van der Waals surface area contributed by atoms with Crippen LogP contribution < -0.4 is 14.8 Å². The first-order chi connectivity index (χ1) is 17.9. The molecule has 206 valence electrons. The summed E-state index contributed by atoms with van der Waals surface area (Å²) in [6.45, 7) is 7.69. The molecule has 0 radical (unpaired) electrons. The average Bonchev–Trinajstić information content (AvgIpc) is 3.32. The Hall–Kier alpha value is -3.19. The van der Waals surface area contributed by atoms with E-state index in [4.69, 9.17) is 4.74 Å². The number of carbonyl (C=O) groups is 1. The fraction of sp³-hybridized carbons (Fsp3) is 0.400. The predicted molar refractivity (Wildman–Crippen MR) is 139 cm³/mol. The largest absolute Gasteiger partial charge is 0.493 e. The third-order valence-electron chi connectivity index (χ3n) is 5.67. The van der Waals surface area contributed by atoms with Crippen LogP contribution in [0.5, 0.6) is 5.75 Å². The average molecular weight is 571 g/mol. The summed E-state index contributed by atoms with van der Waals surface area (Å²) < 4.78 is 72.4. The molecule has 0 bridgehead atoms. The molecular weight excluding hydrogens is 541 g/mol. The monoisotopic (exact) mass is 570 g/mol. The van der Waals surface area contributed by atoms with Crippen molar-refractivity contribution in [3.05, 3.63) is 64.2 Å². The molecule has 0 aliphatic heterocycles. The van der Waals surface area contributed by atoms with Crippen LogP contribution in [0.4, 0.5) is 18.3 Å². The first kappa shape index (κ1) is 29.4. The van der Waals surface area contributed by atoms with E-state index in [9.17, 15) is 26.4 Å². The maximum absolute atomic E-state index is 13.1. The molecule has 0 fully saturated rings. The Morgan fingerprint density at radius 2 is 1.76 bits per heavy atom. The van der Waals surface area contributed by atoms with E-state index < -0.39 is 27.7 Å². The standard InChI is InChI=1S/C25H29F3N4O4S2/c1-5-16(14-29-22(33)20-12-9-18(25(26,27)28)13-21(20)36-6-2)17-7-10-19(11-8-17)38(34,35)32-24-31-30-23(37-24)15(3)4/h7-13,15-16H,5-6,14H2,1-4H3,(H,29,33)(H,31,32)/t16-/m0/s1. The lowest BCUT2D eigenvalue weighted by molar-refractivity contribution is -0.137. The van der Waals surface area contributed by atoms with Gasteiger partial charge in [-0.25, -0.2) is 8.42 Å². The molecule has 8 nitrogen and oxygen atoms in total. The zero-order valence-corrected chi connectivity index (χ0v) is 22.9. The summed E-state index contributed by atoms with van der Waals surface area (Å²) in [5, 5.41) is 11.5. The highest BCUT2D eigenvalue weighted by atomic mass is 32.2. The number of amides is 1. The van der Waals surface area contributed by atoms with E-state index in [2.05, 4.69) is 20.2 Å². The summed E-state index contributed by atoms with van der Waals surface area (Å²) in [4.78, 5) is 12.8. The summed E-state index contributed by atoms with van der Waals surface area (Å²) in [6, 6.07) is 9.02. The van der Waals surface area contributed by atoms with Crippen molar-refractivity contribution in [1.82, 2.24) is 15.5 Å². The summed E-state index contributed by atoms with van der Waals surface area (Å²) in [7, 11) is -3.87. The fourth-order valence-corrected chi connectivity index (χ4v) is 5.55. The SMILES string of the molecule is CCOc1cc(C(F)(F)F)ccc1C(=O)NC[C@H](CC)c1ccc(S(=O)(=O)Nc2nnc(C(C)C)s2)cc1. The minimum atomic E-state index is -4.56. The van der Waals surface area contributed by atoms with Crippen LogP contribution >= 0.6 is 11.3 Å². The lowest BCUT2D eigenvalue weighted by Gasteiger charge is -2.18. The molecule has 2 N–H and O–H groups in total. The molecule has 0 aliphatic rings. The number of halogens is 3. The number of ether oxygens (including phenoxy) is 1. The molecule has 0 spiro atoms. The van der Waals surface area contributed by atoms with Crippen molar-refractivity contribution >= 4 is 32.4 Å². The number of rotatable bonds is 11. The Kier molecular flexibility index (Phi) is 9.36. The molecule has 1 amide bonds. The van der Waals surface area contributed by atoms with Crippen LogP contribution in [-0.4, -0.2) is 37.7 Å². The van der Waals surface area contributed by atoms with Gasteiger partial charge in [-0.1, -0.05) is 44.2 Å². The number of nitrogens with zero attached hydrogens (tertiary/aromatic N) is 2. The summed E-state index contributed by atoms with van der Waals surface area (Å²) in [5.41, 5.74) is -0.110. The van der Waals surface area contributed by atoms with E-state index in [1.165, 1.54) is 23.5 Å². The van der Waals surface area contributed by atoms with Gasteiger partial charge in [0.1, 0.15) is 10.8 Å². The minimum Gasteiger partial charge on any atom is -0.493 e. The van der Waals surface area contributed by atoms with Gasteiger partial charge in [-0.3, -0.25) is 9.52 Å². The van der Waals surface area contributed by atoms with Crippen molar-refractivity contribution in [3.63, 3.8) is 0 Å². The van der Waals surface area contributed by atoms with Crippen molar-refractivity contribution in [2.45, 2.75) is 57.0 Å². The Morgan fingerprint density at radius 3 is 2.32 bits per heavy atom. The van der Waals surface area contributed by atoms with E-state index in [1.54, 1.807) is 19.1 Å². The number of sulfonamides is 1. The summed E-state index contributed by atoms with van der Waals surface area (Å²) in [6.07, 6.45) is -3.93. The number of alkyl halides is 3. The number of carbonyl (C=O) groups excluding carboxylic acids is 1. The van der Waals surface area contributed by atoms with E-state index in [0.717, 1.165) is 28.8 Å². The number of hydrogen-bond donors (Lipinski definition) is 2. The van der Waals surface area contributed by atoms with Crippen molar-refractivity contribution in [2.75, 3.05) is 17.9 Å². The van der Waals surface area contributed by atoms with Gasteiger partial charge in [0.05, 0.1) is 22.6 Å². The maximum Gasteiger partial charge on any atom is 0.416 e. The van der Waals surface area contributed by atoms with E-state index >= 15 is 0 Å². The van der Waals surface area contributed by atoms with Crippen molar-refractivity contribution in [3.8, 4) is 5.75 Å². The lowest BCUT2D eigenvalue weighted by atomic mass is 9.96. The van der Waals surface area contributed by atoms with Crippen molar-refractivity contribution < 1.29 is 31.1 Å². The van der Waals surface area contributed by atoms with Crippen LogP contribution in [0.15, 0.2) is 47.4 Å². The first-order valence-electron chi connectivity index (χ1n) is 11.9. The molecule has 38 heavy (non-hydrogen) atoms. The van der Waals surface area contributed by atoms with Gasteiger partial charge in [-0.05, 0) is 49.2 Å². The van der Waals surface area contributed by atoms with Crippen molar-refractivity contribution in [1.29, 1.82) is 0 Å². The number of benzene rings is 2. The number of anilines is 1. The molecule has 1 heterocycles.